The van der Waals surface area contributed by atoms with Gasteiger partial charge in [-0.25, -0.2) is 0 Å². The van der Waals surface area contributed by atoms with Crippen LogP contribution < -0.4 is 10.2 Å². The lowest BCUT2D eigenvalue weighted by Crippen LogP contribution is -2.46. The third kappa shape index (κ3) is 2.58. The second-order valence-corrected chi connectivity index (χ2v) is 5.61. The van der Waals surface area contributed by atoms with Crippen molar-refractivity contribution in [1.82, 2.24) is 30.3 Å². The Balaban J connectivity index is 1.87. The number of aromatic nitrogens is 5. The minimum absolute atomic E-state index is 0.371. The Morgan fingerprint density at radius 3 is 3.05 bits per heavy atom. The van der Waals surface area contributed by atoms with E-state index in [9.17, 15) is 0 Å². The lowest BCUT2D eigenvalue weighted by molar-refractivity contribution is 0.392. The van der Waals surface area contributed by atoms with Gasteiger partial charge in [0.15, 0.2) is 11.5 Å². The molecule has 0 aliphatic carbocycles. The number of nitrogens with one attached hydrogen (secondary N) is 1. The van der Waals surface area contributed by atoms with Gasteiger partial charge in [-0.1, -0.05) is 6.42 Å². The fraction of sp³-hybridized carbons (Fsp3) is 0.692. The summed E-state index contributed by atoms with van der Waals surface area (Å²) in [5.41, 5.74) is 0.685. The van der Waals surface area contributed by atoms with E-state index in [1.165, 1.54) is 19.3 Å². The molecule has 7 nitrogen and oxygen atoms in total. The maximum Gasteiger partial charge on any atom is 0.199 e. The predicted octanol–water partition coefficient (Wildman–Crippen LogP) is 0.876. The van der Waals surface area contributed by atoms with Crippen LogP contribution >= 0.6 is 0 Å². The Hall–Kier alpha value is -1.76. The molecule has 0 radical (unpaired) electrons. The van der Waals surface area contributed by atoms with Gasteiger partial charge in [0.1, 0.15) is 0 Å². The van der Waals surface area contributed by atoms with Gasteiger partial charge >= 0.3 is 0 Å². The average Bonchev–Trinajstić information content (AvgIpc) is 2.94. The van der Waals surface area contributed by atoms with Crippen LogP contribution in [-0.4, -0.2) is 50.2 Å². The topological polar surface area (TPSA) is 71.2 Å². The molecule has 1 N–H and O–H groups in total. The summed E-state index contributed by atoms with van der Waals surface area (Å²) in [7, 11) is 0. The molecule has 1 saturated heterocycles. The van der Waals surface area contributed by atoms with Gasteiger partial charge in [0.2, 0.25) is 0 Å². The molecule has 0 amide bonds. The van der Waals surface area contributed by atoms with Crippen LogP contribution in [0.15, 0.2) is 12.4 Å². The van der Waals surface area contributed by atoms with E-state index in [2.05, 4.69) is 44.6 Å². The zero-order valence-corrected chi connectivity index (χ0v) is 12.0. The van der Waals surface area contributed by atoms with Crippen LogP contribution in [0, 0.1) is 0 Å². The van der Waals surface area contributed by atoms with Crippen molar-refractivity contribution in [3.8, 4) is 0 Å². The standard InChI is InChI=1S/C13H21N7/c1-10(2)19(9-11-5-3-4-6-15-11)13-8-14-7-12-16-17-18-20(12)13/h7-8,10-11,15H,3-6,9H2,1-2H3. The summed E-state index contributed by atoms with van der Waals surface area (Å²) in [6, 6.07) is 0.896. The van der Waals surface area contributed by atoms with E-state index in [0.29, 0.717) is 17.7 Å². The highest BCUT2D eigenvalue weighted by molar-refractivity contribution is 5.46. The molecule has 3 heterocycles. The second kappa shape index (κ2) is 5.70. The number of hydrogen-bond acceptors (Lipinski definition) is 6. The first-order valence-corrected chi connectivity index (χ1v) is 7.28. The summed E-state index contributed by atoms with van der Waals surface area (Å²) >= 11 is 0. The van der Waals surface area contributed by atoms with Crippen molar-refractivity contribution in [2.24, 2.45) is 0 Å². The predicted molar refractivity (Wildman–Crippen MR) is 76.7 cm³/mol. The molecule has 1 aliphatic heterocycles. The highest BCUT2D eigenvalue weighted by Crippen LogP contribution is 2.18. The summed E-state index contributed by atoms with van der Waals surface area (Å²) in [5.74, 6) is 0.954. The minimum atomic E-state index is 0.371. The van der Waals surface area contributed by atoms with Crippen molar-refractivity contribution in [2.75, 3.05) is 18.0 Å². The zero-order chi connectivity index (χ0) is 13.9. The summed E-state index contributed by atoms with van der Waals surface area (Å²) in [6.45, 7) is 6.44. The van der Waals surface area contributed by atoms with E-state index in [1.54, 1.807) is 10.7 Å². The molecule has 1 unspecified atom stereocenters. The molecule has 20 heavy (non-hydrogen) atoms. The average molecular weight is 275 g/mol. The van der Waals surface area contributed by atoms with Gasteiger partial charge in [0, 0.05) is 18.6 Å². The van der Waals surface area contributed by atoms with Crippen molar-refractivity contribution in [3.05, 3.63) is 12.4 Å². The van der Waals surface area contributed by atoms with Crippen molar-refractivity contribution in [3.63, 3.8) is 0 Å². The first kappa shape index (κ1) is 13.2. The van der Waals surface area contributed by atoms with Crippen LogP contribution in [-0.2, 0) is 0 Å². The lowest BCUT2D eigenvalue weighted by Gasteiger charge is -2.34. The number of hydrogen-bond donors (Lipinski definition) is 1. The van der Waals surface area contributed by atoms with E-state index >= 15 is 0 Å². The number of anilines is 1. The summed E-state index contributed by atoms with van der Waals surface area (Å²) in [4.78, 5) is 6.57. The summed E-state index contributed by atoms with van der Waals surface area (Å²) in [6.07, 6.45) is 7.33. The van der Waals surface area contributed by atoms with Gasteiger partial charge in [0.25, 0.3) is 0 Å². The fourth-order valence-corrected chi connectivity index (χ4v) is 2.74. The molecule has 0 spiro atoms. The van der Waals surface area contributed by atoms with Gasteiger partial charge in [-0.05, 0) is 43.7 Å². The Kier molecular flexibility index (Phi) is 3.77. The van der Waals surface area contributed by atoms with Crippen LogP contribution in [0.4, 0.5) is 5.82 Å². The normalized spacial score (nSPS) is 19.6. The van der Waals surface area contributed by atoms with Gasteiger partial charge in [0.05, 0.1) is 12.4 Å². The van der Waals surface area contributed by atoms with Crippen molar-refractivity contribution in [2.45, 2.75) is 45.2 Å². The Bertz CT molecular complexity index is 559. The third-order valence-electron chi connectivity index (χ3n) is 3.84. The molecule has 2 aromatic heterocycles. The van der Waals surface area contributed by atoms with Crippen molar-refractivity contribution >= 4 is 11.5 Å². The smallest absolute Gasteiger partial charge is 0.199 e. The zero-order valence-electron chi connectivity index (χ0n) is 12.0. The van der Waals surface area contributed by atoms with Crippen LogP contribution in [0.5, 0.6) is 0 Å². The number of nitrogens with zero attached hydrogens (tertiary/aromatic N) is 6. The Morgan fingerprint density at radius 2 is 2.30 bits per heavy atom. The van der Waals surface area contributed by atoms with E-state index in [-0.39, 0.29) is 0 Å². The maximum absolute atomic E-state index is 4.26. The molecule has 0 saturated carbocycles. The molecular weight excluding hydrogens is 254 g/mol. The Labute approximate surface area is 118 Å². The van der Waals surface area contributed by atoms with E-state index in [0.717, 1.165) is 18.9 Å². The third-order valence-corrected chi connectivity index (χ3v) is 3.84. The molecule has 0 aromatic carbocycles. The second-order valence-electron chi connectivity index (χ2n) is 5.61. The molecule has 108 valence electrons. The van der Waals surface area contributed by atoms with Crippen molar-refractivity contribution < 1.29 is 0 Å². The number of rotatable bonds is 4. The SMILES string of the molecule is CC(C)N(CC1CCCCN1)c1cncc2nnnn12. The summed E-state index contributed by atoms with van der Waals surface area (Å²) in [5, 5.41) is 15.4. The quantitative estimate of drug-likeness (QED) is 0.893. The number of tetrazole rings is 1. The molecule has 0 bridgehead atoms. The largest absolute Gasteiger partial charge is 0.351 e. The van der Waals surface area contributed by atoms with Gasteiger partial charge in [-0.2, -0.15) is 4.52 Å². The maximum atomic E-state index is 4.26. The van der Waals surface area contributed by atoms with Gasteiger partial charge in [-0.3, -0.25) is 4.98 Å². The lowest BCUT2D eigenvalue weighted by atomic mass is 10.0. The van der Waals surface area contributed by atoms with Crippen LogP contribution in [0.2, 0.25) is 0 Å². The molecule has 1 atom stereocenters. The number of fused-ring (bicyclic) bond motifs is 1. The minimum Gasteiger partial charge on any atom is -0.351 e. The van der Waals surface area contributed by atoms with Crippen LogP contribution in [0.1, 0.15) is 33.1 Å². The van der Waals surface area contributed by atoms with Gasteiger partial charge < -0.3 is 10.2 Å². The van der Waals surface area contributed by atoms with Crippen LogP contribution in [0.3, 0.4) is 0 Å². The van der Waals surface area contributed by atoms with Crippen molar-refractivity contribution in [1.29, 1.82) is 0 Å². The van der Waals surface area contributed by atoms with E-state index in [4.69, 9.17) is 0 Å². The monoisotopic (exact) mass is 275 g/mol. The van der Waals surface area contributed by atoms with Crippen LogP contribution in [0.25, 0.3) is 5.65 Å². The molecule has 7 heteroatoms. The Morgan fingerprint density at radius 1 is 1.40 bits per heavy atom. The number of piperidine rings is 1. The first-order chi connectivity index (χ1) is 9.75. The molecule has 1 fully saturated rings. The van der Waals surface area contributed by atoms with E-state index < -0.39 is 0 Å². The fourth-order valence-electron chi connectivity index (χ4n) is 2.74. The highest BCUT2D eigenvalue weighted by Gasteiger charge is 2.21. The highest BCUT2D eigenvalue weighted by atomic mass is 15.5. The molecule has 3 rings (SSSR count). The molecule has 1 aliphatic rings. The van der Waals surface area contributed by atoms with E-state index in [1.807, 2.05) is 6.20 Å². The molecular formula is C13H21N7. The first-order valence-electron chi connectivity index (χ1n) is 7.28. The molecule has 2 aromatic rings. The van der Waals surface area contributed by atoms with Gasteiger partial charge in [-0.15, -0.1) is 5.10 Å². The summed E-state index contributed by atoms with van der Waals surface area (Å²) < 4.78 is 1.76.